The molecule has 39 heavy (non-hydrogen) atoms. The third kappa shape index (κ3) is 9.39. The van der Waals surface area contributed by atoms with Crippen LogP contribution in [-0.2, 0) is 19.6 Å². The predicted octanol–water partition coefficient (Wildman–Crippen LogP) is 5.68. The molecule has 5 rings (SSSR count). The number of ether oxygens (including phenoxy) is 1. The summed E-state index contributed by atoms with van der Waals surface area (Å²) in [5, 5.41) is 14.9. The van der Waals surface area contributed by atoms with Crippen LogP contribution in [0.2, 0.25) is 0 Å². The van der Waals surface area contributed by atoms with Gasteiger partial charge in [0.25, 0.3) is 0 Å². The third-order valence-electron chi connectivity index (χ3n) is 6.34. The van der Waals surface area contributed by atoms with E-state index in [9.17, 15) is 13.2 Å². The summed E-state index contributed by atoms with van der Waals surface area (Å²) in [6.45, 7) is 11.5. The van der Waals surface area contributed by atoms with Gasteiger partial charge in [-0.15, -0.1) is 10.2 Å². The molecule has 0 radical (unpaired) electrons. The fraction of sp³-hybridized carbons (Fsp3) is 0.586. The summed E-state index contributed by atoms with van der Waals surface area (Å²) < 4.78 is 30.0. The Morgan fingerprint density at radius 2 is 1.59 bits per heavy atom. The van der Waals surface area contributed by atoms with Crippen LogP contribution in [0.15, 0.2) is 42.5 Å². The number of rotatable bonds is 7. The molecule has 2 saturated carbocycles. The van der Waals surface area contributed by atoms with Crippen molar-refractivity contribution in [1.82, 2.24) is 24.9 Å². The smallest absolute Gasteiger partial charge is 0.308 e. The van der Waals surface area contributed by atoms with Crippen molar-refractivity contribution in [2.24, 2.45) is 5.92 Å². The highest BCUT2D eigenvalue weighted by atomic mass is 32.2. The van der Waals surface area contributed by atoms with E-state index < -0.39 is 10.0 Å². The Kier molecular flexibility index (Phi) is 11.0. The molecule has 0 aliphatic heterocycles. The van der Waals surface area contributed by atoms with Gasteiger partial charge in [-0.1, -0.05) is 56.3 Å². The van der Waals surface area contributed by atoms with Crippen molar-refractivity contribution in [2.45, 2.75) is 104 Å². The van der Waals surface area contributed by atoms with Crippen LogP contribution in [0.3, 0.4) is 0 Å². The molecule has 0 saturated heterocycles. The Bertz CT molecular complexity index is 1300. The number of esters is 1. The first kappa shape index (κ1) is 30.7. The van der Waals surface area contributed by atoms with Crippen LogP contribution in [-0.4, -0.2) is 52.0 Å². The summed E-state index contributed by atoms with van der Waals surface area (Å²) in [6.07, 6.45) is 6.47. The van der Waals surface area contributed by atoms with Crippen LogP contribution < -0.4 is 4.72 Å². The van der Waals surface area contributed by atoms with Crippen LogP contribution in [0.1, 0.15) is 86.1 Å². The maximum Gasteiger partial charge on any atom is 0.308 e. The predicted molar refractivity (Wildman–Crippen MR) is 155 cm³/mol. The molecule has 0 atom stereocenters. The molecular formula is C29H43N5O4S. The number of carbonyl (C=O) groups is 1. The number of hydrogen-bond acceptors (Lipinski definition) is 7. The van der Waals surface area contributed by atoms with Crippen molar-refractivity contribution in [1.29, 1.82) is 0 Å². The van der Waals surface area contributed by atoms with Gasteiger partial charge >= 0.3 is 5.97 Å². The molecule has 2 aliphatic rings. The number of aromatic nitrogens is 4. The highest BCUT2D eigenvalue weighted by Gasteiger charge is 2.35. The van der Waals surface area contributed by atoms with E-state index in [1.54, 1.807) is 4.80 Å². The SMILES string of the molecule is CC(C)C(=O)OC1CCCC1.CC(C)NS(=O)(=O)C1CC1.CC(C)n1nnc(-c2cccc3ccccc23)n1. The fourth-order valence-corrected chi connectivity index (χ4v) is 5.69. The standard InChI is InChI=1S/C14H14N4.C9H16O2.C6H13NO2S/c1-10(2)18-16-14(15-17-18)13-9-5-7-11-6-3-4-8-12(11)13;1-7(2)9(10)11-8-5-3-4-6-8;1-5(2)7-10(8,9)6-3-4-6/h3-10H,1-2H3;7-8H,3-6H2,1-2H3;5-7H,3-4H2,1-2H3. The largest absolute Gasteiger partial charge is 0.462 e. The second-order valence-electron chi connectivity index (χ2n) is 11.1. The lowest BCUT2D eigenvalue weighted by Crippen LogP contribution is -2.32. The van der Waals surface area contributed by atoms with Crippen LogP contribution in [0.4, 0.5) is 0 Å². The number of hydrogen-bond donors (Lipinski definition) is 1. The maximum atomic E-state index is 11.1. The number of carbonyl (C=O) groups excluding carboxylic acids is 1. The zero-order valence-corrected chi connectivity index (χ0v) is 24.8. The number of tetrazole rings is 1. The van der Waals surface area contributed by atoms with Gasteiger partial charge in [-0.25, -0.2) is 13.1 Å². The lowest BCUT2D eigenvalue weighted by molar-refractivity contribution is -0.152. The Morgan fingerprint density at radius 1 is 0.949 bits per heavy atom. The summed E-state index contributed by atoms with van der Waals surface area (Å²) in [5.74, 6) is 0.660. The maximum absolute atomic E-state index is 11.1. The first-order valence-corrected chi connectivity index (χ1v) is 15.5. The molecule has 9 nitrogen and oxygen atoms in total. The van der Waals surface area contributed by atoms with E-state index in [0.29, 0.717) is 5.82 Å². The number of fused-ring (bicyclic) bond motifs is 1. The van der Waals surface area contributed by atoms with Crippen LogP contribution in [0.5, 0.6) is 0 Å². The highest BCUT2D eigenvalue weighted by Crippen LogP contribution is 2.27. The quantitative estimate of drug-likeness (QED) is 0.372. The summed E-state index contributed by atoms with van der Waals surface area (Å²) in [4.78, 5) is 12.7. The molecule has 1 N–H and O–H groups in total. The van der Waals surface area contributed by atoms with E-state index in [-0.39, 0.29) is 35.3 Å². The van der Waals surface area contributed by atoms with E-state index in [1.165, 1.54) is 18.2 Å². The molecule has 2 aromatic carbocycles. The van der Waals surface area contributed by atoms with Gasteiger partial charge in [0.1, 0.15) is 6.10 Å². The van der Waals surface area contributed by atoms with Crippen molar-refractivity contribution in [3.8, 4) is 11.4 Å². The first-order chi connectivity index (χ1) is 18.5. The molecule has 214 valence electrons. The summed E-state index contributed by atoms with van der Waals surface area (Å²) in [5.41, 5.74) is 1.03. The van der Waals surface area contributed by atoms with E-state index in [2.05, 4.69) is 38.3 Å². The van der Waals surface area contributed by atoms with Gasteiger partial charge in [0.15, 0.2) is 0 Å². The molecule has 2 fully saturated rings. The summed E-state index contributed by atoms with van der Waals surface area (Å²) >= 11 is 0. The zero-order valence-electron chi connectivity index (χ0n) is 24.0. The second-order valence-corrected chi connectivity index (χ2v) is 13.1. The van der Waals surface area contributed by atoms with Crippen molar-refractivity contribution in [3.05, 3.63) is 42.5 Å². The molecule has 0 bridgehead atoms. The van der Waals surface area contributed by atoms with Gasteiger partial charge in [0, 0.05) is 11.6 Å². The minimum Gasteiger partial charge on any atom is -0.462 e. The molecule has 1 heterocycles. The van der Waals surface area contributed by atoms with Crippen molar-refractivity contribution >= 4 is 26.8 Å². The van der Waals surface area contributed by atoms with Gasteiger partial charge in [-0.2, -0.15) is 4.80 Å². The third-order valence-corrected chi connectivity index (χ3v) is 8.49. The van der Waals surface area contributed by atoms with E-state index in [4.69, 9.17) is 4.74 Å². The lowest BCUT2D eigenvalue weighted by atomic mass is 10.0. The Balaban J connectivity index is 0.000000173. The Hall–Kier alpha value is -2.85. The highest BCUT2D eigenvalue weighted by molar-refractivity contribution is 7.90. The molecule has 2 aliphatic carbocycles. The number of sulfonamides is 1. The average molecular weight is 558 g/mol. The topological polar surface area (TPSA) is 116 Å². The number of nitrogens with zero attached hydrogens (tertiary/aromatic N) is 4. The molecule has 0 unspecified atom stereocenters. The average Bonchev–Trinajstić information content (AvgIpc) is 3.42. The van der Waals surface area contributed by atoms with Crippen LogP contribution in [0.25, 0.3) is 22.2 Å². The normalized spacial score (nSPS) is 15.7. The Labute approximate surface area is 232 Å². The molecule has 1 aromatic heterocycles. The van der Waals surface area contributed by atoms with E-state index >= 15 is 0 Å². The number of nitrogens with one attached hydrogen (secondary N) is 1. The Morgan fingerprint density at radius 3 is 2.15 bits per heavy atom. The van der Waals surface area contributed by atoms with Gasteiger partial charge in [0.2, 0.25) is 15.8 Å². The molecule has 3 aromatic rings. The van der Waals surface area contributed by atoms with Crippen molar-refractivity contribution in [3.63, 3.8) is 0 Å². The molecule has 0 amide bonds. The molecular weight excluding hydrogens is 514 g/mol. The minimum absolute atomic E-state index is 0.0237. The van der Waals surface area contributed by atoms with Gasteiger partial charge < -0.3 is 4.74 Å². The fourth-order valence-electron chi connectivity index (χ4n) is 4.08. The summed E-state index contributed by atoms with van der Waals surface area (Å²) in [6, 6.07) is 14.6. The monoisotopic (exact) mass is 557 g/mol. The minimum atomic E-state index is -2.94. The molecule has 0 spiro atoms. The second kappa shape index (κ2) is 14.0. The van der Waals surface area contributed by atoms with Crippen LogP contribution >= 0.6 is 0 Å². The zero-order chi connectivity index (χ0) is 28.6. The van der Waals surface area contributed by atoms with Gasteiger partial charge in [-0.05, 0) is 82.2 Å². The van der Waals surface area contributed by atoms with E-state index in [1.807, 2.05) is 65.8 Å². The first-order valence-electron chi connectivity index (χ1n) is 14.0. The van der Waals surface area contributed by atoms with Crippen LogP contribution in [0, 0.1) is 5.92 Å². The number of benzene rings is 2. The summed E-state index contributed by atoms with van der Waals surface area (Å²) in [7, 11) is -2.94. The van der Waals surface area contributed by atoms with Crippen molar-refractivity contribution in [2.75, 3.05) is 0 Å². The molecule has 10 heteroatoms. The van der Waals surface area contributed by atoms with Gasteiger partial charge in [0.05, 0.1) is 17.2 Å². The van der Waals surface area contributed by atoms with Crippen molar-refractivity contribution < 1.29 is 17.9 Å². The lowest BCUT2D eigenvalue weighted by Gasteiger charge is -2.12. The van der Waals surface area contributed by atoms with Gasteiger partial charge in [-0.3, -0.25) is 4.79 Å². The van der Waals surface area contributed by atoms with E-state index in [0.717, 1.165) is 36.6 Å².